The zero-order valence-electron chi connectivity index (χ0n) is 7.95. The number of hydrogen-bond acceptors (Lipinski definition) is 3. The molecule has 1 atom stereocenters. The highest BCUT2D eigenvalue weighted by atomic mass is 16.5. The molecule has 3 nitrogen and oxygen atoms in total. The first-order valence-corrected chi connectivity index (χ1v) is 4.32. The Labute approximate surface area is 78.1 Å². The Morgan fingerprint density at radius 3 is 2.77 bits per heavy atom. The smallest absolute Gasteiger partial charge is 0.127 e. The number of rotatable bonds is 3. The summed E-state index contributed by atoms with van der Waals surface area (Å²) in [4.78, 5) is 0. The summed E-state index contributed by atoms with van der Waals surface area (Å²) in [5, 5.41) is 9.56. The quantitative estimate of drug-likeness (QED) is 0.747. The van der Waals surface area contributed by atoms with Crippen LogP contribution in [-0.4, -0.2) is 12.2 Å². The van der Waals surface area contributed by atoms with Crippen molar-refractivity contribution in [2.75, 3.05) is 7.11 Å². The number of nitrogens with two attached hydrogens (primary N) is 1. The van der Waals surface area contributed by atoms with Crippen LogP contribution in [0.3, 0.4) is 0 Å². The lowest BCUT2D eigenvalue weighted by Crippen LogP contribution is -2.10. The average Bonchev–Trinajstić information content (AvgIpc) is 2.16. The van der Waals surface area contributed by atoms with Crippen LogP contribution in [0.1, 0.15) is 24.9 Å². The maximum Gasteiger partial charge on any atom is 0.127 e. The van der Waals surface area contributed by atoms with E-state index >= 15 is 0 Å². The molecule has 13 heavy (non-hydrogen) atoms. The van der Waals surface area contributed by atoms with Crippen LogP contribution in [0.25, 0.3) is 0 Å². The summed E-state index contributed by atoms with van der Waals surface area (Å²) in [6.07, 6.45) is 0.772. The molecule has 0 amide bonds. The molecule has 0 bridgehead atoms. The van der Waals surface area contributed by atoms with Gasteiger partial charge in [0.2, 0.25) is 0 Å². The standard InChI is InChI=1S/C10H15NO2/c1-3-7(11)10-8(12)5-4-6-9(10)13-2/h4-7,12H,3,11H2,1-2H3/t7-/m1/s1. The maximum atomic E-state index is 9.56. The Morgan fingerprint density at radius 2 is 2.23 bits per heavy atom. The lowest BCUT2D eigenvalue weighted by Gasteiger charge is -2.15. The summed E-state index contributed by atoms with van der Waals surface area (Å²) in [7, 11) is 1.57. The third kappa shape index (κ3) is 1.92. The predicted octanol–water partition coefficient (Wildman–Crippen LogP) is 1.81. The summed E-state index contributed by atoms with van der Waals surface area (Å²) < 4.78 is 5.11. The Hall–Kier alpha value is -1.22. The predicted molar refractivity (Wildman–Crippen MR) is 51.9 cm³/mol. The molecule has 0 aliphatic heterocycles. The van der Waals surface area contributed by atoms with Gasteiger partial charge in [-0.15, -0.1) is 0 Å². The van der Waals surface area contributed by atoms with Gasteiger partial charge >= 0.3 is 0 Å². The van der Waals surface area contributed by atoms with E-state index in [1.807, 2.05) is 6.92 Å². The second-order valence-electron chi connectivity index (χ2n) is 2.91. The molecule has 0 aliphatic rings. The van der Waals surface area contributed by atoms with Gasteiger partial charge in [0.25, 0.3) is 0 Å². The Morgan fingerprint density at radius 1 is 1.54 bits per heavy atom. The van der Waals surface area contributed by atoms with Gasteiger partial charge in [-0.3, -0.25) is 0 Å². The molecular formula is C10H15NO2. The first-order valence-electron chi connectivity index (χ1n) is 4.32. The number of aromatic hydroxyl groups is 1. The molecule has 3 heteroatoms. The van der Waals surface area contributed by atoms with Gasteiger partial charge in [-0.05, 0) is 18.6 Å². The highest BCUT2D eigenvalue weighted by molar-refractivity contribution is 5.45. The minimum Gasteiger partial charge on any atom is -0.507 e. The van der Waals surface area contributed by atoms with Crippen molar-refractivity contribution in [3.05, 3.63) is 23.8 Å². The topological polar surface area (TPSA) is 55.5 Å². The van der Waals surface area contributed by atoms with Crippen molar-refractivity contribution in [3.8, 4) is 11.5 Å². The van der Waals surface area contributed by atoms with E-state index in [-0.39, 0.29) is 11.8 Å². The van der Waals surface area contributed by atoms with Crippen molar-refractivity contribution in [2.24, 2.45) is 5.73 Å². The van der Waals surface area contributed by atoms with Crippen LogP contribution in [0.4, 0.5) is 0 Å². The van der Waals surface area contributed by atoms with E-state index in [4.69, 9.17) is 10.5 Å². The van der Waals surface area contributed by atoms with Crippen LogP contribution in [0.15, 0.2) is 18.2 Å². The summed E-state index contributed by atoms with van der Waals surface area (Å²) in [6.45, 7) is 1.97. The molecule has 0 aliphatic carbocycles. The molecule has 1 aromatic rings. The minimum atomic E-state index is -0.170. The highest BCUT2D eigenvalue weighted by Gasteiger charge is 2.14. The zero-order chi connectivity index (χ0) is 9.84. The molecule has 72 valence electrons. The summed E-state index contributed by atoms with van der Waals surface area (Å²) >= 11 is 0. The van der Waals surface area contributed by atoms with Crippen LogP contribution in [0.5, 0.6) is 11.5 Å². The fourth-order valence-electron chi connectivity index (χ4n) is 1.29. The van der Waals surface area contributed by atoms with Gasteiger partial charge in [-0.2, -0.15) is 0 Å². The second-order valence-corrected chi connectivity index (χ2v) is 2.91. The number of benzene rings is 1. The summed E-state index contributed by atoms with van der Waals surface area (Å²) in [6, 6.07) is 4.98. The van der Waals surface area contributed by atoms with E-state index < -0.39 is 0 Å². The van der Waals surface area contributed by atoms with Gasteiger partial charge in [-0.1, -0.05) is 13.0 Å². The Balaban J connectivity index is 3.14. The van der Waals surface area contributed by atoms with Crippen molar-refractivity contribution in [3.63, 3.8) is 0 Å². The minimum absolute atomic E-state index is 0.170. The molecule has 0 heterocycles. The van der Waals surface area contributed by atoms with Crippen molar-refractivity contribution >= 4 is 0 Å². The van der Waals surface area contributed by atoms with Crippen LogP contribution >= 0.6 is 0 Å². The van der Waals surface area contributed by atoms with Gasteiger partial charge in [0, 0.05) is 6.04 Å². The molecular weight excluding hydrogens is 166 g/mol. The monoisotopic (exact) mass is 181 g/mol. The Bertz CT molecular complexity index is 286. The summed E-state index contributed by atoms with van der Waals surface area (Å²) in [5.41, 5.74) is 6.52. The number of hydrogen-bond donors (Lipinski definition) is 2. The summed E-state index contributed by atoms with van der Waals surface area (Å²) in [5.74, 6) is 0.850. The first kappa shape index (κ1) is 9.86. The lowest BCUT2D eigenvalue weighted by molar-refractivity contribution is 0.392. The Kier molecular flexibility index (Phi) is 3.14. The van der Waals surface area contributed by atoms with E-state index in [0.29, 0.717) is 11.3 Å². The van der Waals surface area contributed by atoms with Crippen LogP contribution in [0, 0.1) is 0 Å². The molecule has 0 saturated carbocycles. The van der Waals surface area contributed by atoms with Crippen molar-refractivity contribution in [1.29, 1.82) is 0 Å². The number of phenols is 1. The van der Waals surface area contributed by atoms with Crippen molar-refractivity contribution < 1.29 is 9.84 Å². The van der Waals surface area contributed by atoms with Crippen molar-refractivity contribution in [1.82, 2.24) is 0 Å². The van der Waals surface area contributed by atoms with Gasteiger partial charge in [0.1, 0.15) is 11.5 Å². The molecule has 0 saturated heterocycles. The van der Waals surface area contributed by atoms with Gasteiger partial charge < -0.3 is 15.6 Å². The van der Waals surface area contributed by atoms with Crippen LogP contribution < -0.4 is 10.5 Å². The molecule has 1 rings (SSSR count). The second kappa shape index (κ2) is 4.14. The molecule has 0 unspecified atom stereocenters. The fourth-order valence-corrected chi connectivity index (χ4v) is 1.29. The van der Waals surface area contributed by atoms with Crippen LogP contribution in [-0.2, 0) is 0 Å². The molecule has 1 aromatic carbocycles. The zero-order valence-corrected chi connectivity index (χ0v) is 7.95. The van der Waals surface area contributed by atoms with Crippen LogP contribution in [0.2, 0.25) is 0 Å². The normalized spacial score (nSPS) is 12.5. The highest BCUT2D eigenvalue weighted by Crippen LogP contribution is 2.33. The number of methoxy groups -OCH3 is 1. The largest absolute Gasteiger partial charge is 0.507 e. The van der Waals surface area contributed by atoms with Gasteiger partial charge in [-0.25, -0.2) is 0 Å². The molecule has 0 radical (unpaired) electrons. The molecule has 0 spiro atoms. The number of ether oxygens (including phenoxy) is 1. The van der Waals surface area contributed by atoms with E-state index in [1.165, 1.54) is 0 Å². The van der Waals surface area contributed by atoms with Gasteiger partial charge in [0.15, 0.2) is 0 Å². The van der Waals surface area contributed by atoms with Gasteiger partial charge in [0.05, 0.1) is 12.7 Å². The maximum absolute atomic E-state index is 9.56. The van der Waals surface area contributed by atoms with E-state index in [9.17, 15) is 5.11 Å². The lowest BCUT2D eigenvalue weighted by atomic mass is 10.0. The van der Waals surface area contributed by atoms with E-state index in [0.717, 1.165) is 6.42 Å². The molecule has 0 aromatic heterocycles. The van der Waals surface area contributed by atoms with E-state index in [2.05, 4.69) is 0 Å². The first-order chi connectivity index (χ1) is 6.20. The molecule has 3 N–H and O–H groups in total. The van der Waals surface area contributed by atoms with Crippen molar-refractivity contribution in [2.45, 2.75) is 19.4 Å². The fraction of sp³-hybridized carbons (Fsp3) is 0.400. The van der Waals surface area contributed by atoms with E-state index in [1.54, 1.807) is 25.3 Å². The SMILES string of the molecule is CC[C@@H](N)c1c(O)cccc1OC. The average molecular weight is 181 g/mol. The molecule has 0 fully saturated rings. The third-order valence-electron chi connectivity index (χ3n) is 2.07. The third-order valence-corrected chi connectivity index (χ3v) is 2.07. The number of phenolic OH excluding ortho intramolecular Hbond substituents is 1.